The molecule has 3 heteroatoms. The smallest absolute Gasteiger partial charge is 0.434 e. The first kappa shape index (κ1) is 35.0. The van der Waals surface area contributed by atoms with Gasteiger partial charge in [0.1, 0.15) is 0 Å². The van der Waals surface area contributed by atoms with Gasteiger partial charge in [0.2, 0.25) is 0 Å². The van der Waals surface area contributed by atoms with E-state index in [9.17, 15) is 4.79 Å². The summed E-state index contributed by atoms with van der Waals surface area (Å²) in [4.78, 5) is 11.7. The number of unbranched alkanes of at least 4 members (excludes halogenated alkanes) is 20. The average molecular weight is 509 g/mol. The molecule has 0 aromatic heterocycles. The van der Waals surface area contributed by atoms with E-state index in [1.165, 1.54) is 128 Å². The van der Waals surface area contributed by atoms with Crippen molar-refractivity contribution >= 4 is 6.16 Å². The van der Waals surface area contributed by atoms with Crippen molar-refractivity contribution in [1.29, 1.82) is 0 Å². The van der Waals surface area contributed by atoms with E-state index in [0.29, 0.717) is 13.2 Å². The van der Waals surface area contributed by atoms with Gasteiger partial charge in [-0.25, -0.2) is 4.79 Å². The lowest BCUT2D eigenvalue weighted by Gasteiger charge is -2.07. The Bertz CT molecular complexity index is 458. The molecule has 214 valence electrons. The molecule has 0 aliphatic rings. The van der Waals surface area contributed by atoms with Crippen LogP contribution in [-0.4, -0.2) is 19.4 Å². The second-order valence-electron chi connectivity index (χ2n) is 11.2. The fourth-order valence-corrected chi connectivity index (χ4v) is 4.59. The van der Waals surface area contributed by atoms with E-state index in [2.05, 4.69) is 32.9 Å². The fraction of sp³-hybridized carbons (Fsp3) is 0.909. The highest BCUT2D eigenvalue weighted by Crippen LogP contribution is 2.14. The van der Waals surface area contributed by atoms with Gasteiger partial charge in [-0.15, -0.1) is 0 Å². The number of hydrogen-bond acceptors (Lipinski definition) is 3. The summed E-state index contributed by atoms with van der Waals surface area (Å²) >= 11 is 0. The van der Waals surface area contributed by atoms with Crippen molar-refractivity contribution in [3.8, 4) is 0 Å². The molecule has 0 amide bonds. The molecule has 0 aliphatic carbocycles. The molecule has 0 bridgehead atoms. The van der Waals surface area contributed by atoms with E-state index in [1.54, 1.807) is 0 Å². The monoisotopic (exact) mass is 508 g/mol. The molecule has 0 aromatic carbocycles. The van der Waals surface area contributed by atoms with Crippen molar-refractivity contribution in [3.05, 3.63) is 12.2 Å². The Morgan fingerprint density at radius 3 is 1.31 bits per heavy atom. The summed E-state index contributed by atoms with van der Waals surface area (Å²) in [6, 6.07) is 0. The number of ether oxygens (including phenoxy) is 2. The van der Waals surface area contributed by atoms with Crippen molar-refractivity contribution in [2.75, 3.05) is 13.2 Å². The molecule has 36 heavy (non-hydrogen) atoms. The summed E-state index contributed by atoms with van der Waals surface area (Å²) in [7, 11) is 0. The molecule has 0 N–H and O–H groups in total. The van der Waals surface area contributed by atoms with Crippen LogP contribution in [0, 0.1) is 5.92 Å². The summed E-state index contributed by atoms with van der Waals surface area (Å²) in [6.45, 7) is 7.90. The molecule has 0 aromatic rings. The van der Waals surface area contributed by atoms with E-state index in [0.717, 1.165) is 31.6 Å². The number of carbonyl (C=O) groups excluding carboxylic acids is 1. The Morgan fingerprint density at radius 2 is 0.889 bits per heavy atom. The molecular weight excluding hydrogens is 444 g/mol. The third-order valence-corrected chi connectivity index (χ3v) is 7.02. The van der Waals surface area contributed by atoms with Crippen molar-refractivity contribution in [3.63, 3.8) is 0 Å². The van der Waals surface area contributed by atoms with Crippen LogP contribution in [0.3, 0.4) is 0 Å². The lowest BCUT2D eigenvalue weighted by atomic mass is 10.0. The minimum Gasteiger partial charge on any atom is -0.434 e. The summed E-state index contributed by atoms with van der Waals surface area (Å²) in [6.07, 6.45) is 35.2. The van der Waals surface area contributed by atoms with Crippen molar-refractivity contribution in [2.24, 2.45) is 5.92 Å². The molecule has 3 nitrogen and oxygen atoms in total. The maximum atomic E-state index is 11.7. The number of allylic oxidation sites excluding steroid dienone is 2. The van der Waals surface area contributed by atoms with E-state index >= 15 is 0 Å². The average Bonchev–Trinajstić information content (AvgIpc) is 2.86. The molecule has 0 rings (SSSR count). The minimum absolute atomic E-state index is 0.482. The Hall–Kier alpha value is -0.990. The van der Waals surface area contributed by atoms with Crippen LogP contribution in [0.25, 0.3) is 0 Å². The molecule has 0 saturated heterocycles. The Morgan fingerprint density at radius 1 is 0.528 bits per heavy atom. The SMILES string of the molecule is CCCCCC/C=C\CCCCCCCCOC(=O)OCCCCCCCCCCCCCC(C)C. The summed E-state index contributed by atoms with van der Waals surface area (Å²) in [5.41, 5.74) is 0. The Labute approximate surface area is 226 Å². The number of carbonyl (C=O) groups is 1. The summed E-state index contributed by atoms with van der Waals surface area (Å²) in [5.74, 6) is 0.860. The van der Waals surface area contributed by atoms with Crippen LogP contribution in [0.4, 0.5) is 4.79 Å². The highest BCUT2D eigenvalue weighted by Gasteiger charge is 2.03. The maximum absolute atomic E-state index is 11.7. The molecule has 0 atom stereocenters. The standard InChI is InChI=1S/C33H64O3/c1-4-5-6-7-8-9-10-11-12-15-18-21-24-27-30-35-33(34)36-31-28-25-22-19-16-13-14-17-20-23-26-29-32(2)3/h9-10,32H,4-8,11-31H2,1-3H3/b10-9-. The van der Waals surface area contributed by atoms with Gasteiger partial charge >= 0.3 is 6.16 Å². The second-order valence-corrected chi connectivity index (χ2v) is 11.2. The molecule has 0 saturated carbocycles. The largest absolute Gasteiger partial charge is 0.508 e. The quantitative estimate of drug-likeness (QED) is 0.0598. The predicted octanol–water partition coefficient (Wildman–Crippen LogP) is 11.7. The Balaban J connectivity index is 3.19. The van der Waals surface area contributed by atoms with Gasteiger partial charge in [0.05, 0.1) is 13.2 Å². The third-order valence-electron chi connectivity index (χ3n) is 7.02. The molecule has 0 spiro atoms. The molecule has 0 fully saturated rings. The molecular formula is C33H64O3. The lowest BCUT2D eigenvalue weighted by Crippen LogP contribution is -2.09. The van der Waals surface area contributed by atoms with Crippen LogP contribution in [-0.2, 0) is 9.47 Å². The topological polar surface area (TPSA) is 35.5 Å². The third kappa shape index (κ3) is 31.0. The van der Waals surface area contributed by atoms with E-state index in [1.807, 2.05) is 0 Å². The van der Waals surface area contributed by atoms with Crippen LogP contribution in [0.2, 0.25) is 0 Å². The second kappa shape index (κ2) is 30.2. The van der Waals surface area contributed by atoms with Crippen LogP contribution >= 0.6 is 0 Å². The highest BCUT2D eigenvalue weighted by atomic mass is 16.7. The molecule has 0 unspecified atom stereocenters. The fourth-order valence-electron chi connectivity index (χ4n) is 4.59. The zero-order chi connectivity index (χ0) is 26.4. The van der Waals surface area contributed by atoms with Crippen molar-refractivity contribution in [1.82, 2.24) is 0 Å². The van der Waals surface area contributed by atoms with E-state index in [4.69, 9.17) is 9.47 Å². The van der Waals surface area contributed by atoms with Crippen LogP contribution in [0.15, 0.2) is 12.2 Å². The van der Waals surface area contributed by atoms with Crippen molar-refractivity contribution in [2.45, 2.75) is 175 Å². The number of hydrogen-bond donors (Lipinski definition) is 0. The van der Waals surface area contributed by atoms with Gasteiger partial charge in [0, 0.05) is 0 Å². The van der Waals surface area contributed by atoms with Gasteiger partial charge in [-0.2, -0.15) is 0 Å². The molecule has 0 heterocycles. The highest BCUT2D eigenvalue weighted by molar-refractivity contribution is 5.59. The number of rotatable bonds is 28. The lowest BCUT2D eigenvalue weighted by molar-refractivity contribution is 0.0529. The van der Waals surface area contributed by atoms with Gasteiger partial charge < -0.3 is 9.47 Å². The van der Waals surface area contributed by atoms with Crippen LogP contribution < -0.4 is 0 Å². The summed E-state index contributed by atoms with van der Waals surface area (Å²) in [5, 5.41) is 0. The van der Waals surface area contributed by atoms with E-state index in [-0.39, 0.29) is 0 Å². The van der Waals surface area contributed by atoms with Gasteiger partial charge in [-0.05, 0) is 44.4 Å². The zero-order valence-corrected chi connectivity index (χ0v) is 24.8. The minimum atomic E-state index is -0.482. The van der Waals surface area contributed by atoms with Gasteiger partial charge in [0.25, 0.3) is 0 Å². The van der Waals surface area contributed by atoms with Crippen LogP contribution in [0.1, 0.15) is 175 Å². The first-order valence-electron chi connectivity index (χ1n) is 16.1. The molecule has 0 radical (unpaired) electrons. The maximum Gasteiger partial charge on any atom is 0.508 e. The van der Waals surface area contributed by atoms with Crippen LogP contribution in [0.5, 0.6) is 0 Å². The molecule has 0 aliphatic heterocycles. The normalized spacial score (nSPS) is 11.6. The first-order chi connectivity index (χ1) is 17.7. The Kier molecular flexibility index (Phi) is 29.4. The summed E-state index contributed by atoms with van der Waals surface area (Å²) < 4.78 is 10.4. The van der Waals surface area contributed by atoms with Gasteiger partial charge in [0.15, 0.2) is 0 Å². The first-order valence-corrected chi connectivity index (χ1v) is 16.1. The zero-order valence-electron chi connectivity index (χ0n) is 24.8. The van der Waals surface area contributed by atoms with Gasteiger partial charge in [-0.1, -0.05) is 148 Å². The predicted molar refractivity (Wildman–Crippen MR) is 158 cm³/mol. The van der Waals surface area contributed by atoms with Crippen molar-refractivity contribution < 1.29 is 14.3 Å². The van der Waals surface area contributed by atoms with E-state index < -0.39 is 6.16 Å². The van der Waals surface area contributed by atoms with Gasteiger partial charge in [-0.3, -0.25) is 0 Å².